The average Bonchev–Trinajstić information content (AvgIpc) is 2.57. The topological polar surface area (TPSA) is 88.6 Å². The van der Waals surface area contributed by atoms with E-state index in [1.165, 1.54) is 29.0 Å². The van der Waals surface area contributed by atoms with Crippen LogP contribution in [0.25, 0.3) is 0 Å². The molecule has 0 spiro atoms. The Balaban J connectivity index is 2.07. The Morgan fingerprint density at radius 1 is 1.28 bits per heavy atom. The van der Waals surface area contributed by atoms with Crippen molar-refractivity contribution < 1.29 is 22.4 Å². The van der Waals surface area contributed by atoms with E-state index in [-0.39, 0.29) is 21.5 Å². The van der Waals surface area contributed by atoms with Crippen LogP contribution in [0.1, 0.15) is 10.4 Å². The van der Waals surface area contributed by atoms with Crippen molar-refractivity contribution in [2.24, 2.45) is 0 Å². The summed E-state index contributed by atoms with van der Waals surface area (Å²) in [7, 11) is -4.91. The van der Waals surface area contributed by atoms with Crippen molar-refractivity contribution in [2.45, 2.75) is 5.69 Å². The van der Waals surface area contributed by atoms with E-state index in [1.54, 1.807) is 6.07 Å². The molecule has 25 heavy (non-hydrogen) atoms. The summed E-state index contributed by atoms with van der Waals surface area (Å²) in [6.45, 7) is 0. The quantitative estimate of drug-likeness (QED) is 0.251. The van der Waals surface area contributed by atoms with Crippen LogP contribution in [0.4, 0.5) is 4.48 Å². The number of halogens is 4. The lowest BCUT2D eigenvalue weighted by Gasteiger charge is -2.19. The summed E-state index contributed by atoms with van der Waals surface area (Å²) < 4.78 is 43.2. The number of pyridine rings is 1. The van der Waals surface area contributed by atoms with Crippen LogP contribution in [0.15, 0.2) is 42.6 Å². The van der Waals surface area contributed by atoms with Gasteiger partial charge < -0.3 is 4.74 Å². The predicted octanol–water partition coefficient (Wildman–Crippen LogP) is 3.15. The Labute approximate surface area is 157 Å². The van der Waals surface area contributed by atoms with E-state index >= 15 is 0 Å². The van der Waals surface area contributed by atoms with Crippen molar-refractivity contribution in [3.63, 3.8) is 0 Å². The fourth-order valence-electron chi connectivity index (χ4n) is 1.54. The zero-order chi connectivity index (χ0) is 18.6. The van der Waals surface area contributed by atoms with Crippen LogP contribution < -0.4 is 9.46 Å². The maximum atomic E-state index is 14.0. The number of ether oxygens (including phenoxy) is 1. The molecule has 0 aliphatic carbocycles. The molecule has 1 N–H and O–H groups in total. The smallest absolute Gasteiger partial charge is 0.335 e. The van der Waals surface area contributed by atoms with Gasteiger partial charge >= 0.3 is 10.2 Å². The molecule has 2 aromatic rings. The molecule has 2 rings (SSSR count). The first kappa shape index (κ1) is 19.7. The Kier molecular flexibility index (Phi) is 6.42. The minimum atomic E-state index is -4.91. The van der Waals surface area contributed by atoms with Gasteiger partial charge in [0.1, 0.15) is 10.9 Å². The first-order valence-corrected chi connectivity index (χ1v) is 9.03. The highest BCUT2D eigenvalue weighted by atomic mass is 35.5. The molecule has 1 amide bonds. The molecular weight excluding hydrogens is 420 g/mol. The molecule has 1 aromatic heterocycles. The fourth-order valence-corrected chi connectivity index (χ4v) is 2.92. The molecule has 1 atom stereocenters. The summed E-state index contributed by atoms with van der Waals surface area (Å²) in [6.07, 6.45) is 1.06. The highest BCUT2D eigenvalue weighted by molar-refractivity contribution is 7.87. The average molecular weight is 429 g/mol. The number of alkyl halides is 1. The summed E-state index contributed by atoms with van der Waals surface area (Å²) in [5.74, 6) is -1.18. The number of nitrogens with one attached hydrogen (secondary N) is 1. The van der Waals surface area contributed by atoms with Crippen molar-refractivity contribution in [1.82, 2.24) is 14.2 Å². The molecule has 1 aromatic carbocycles. The van der Waals surface area contributed by atoms with Crippen molar-refractivity contribution in [3.8, 4) is 5.75 Å². The van der Waals surface area contributed by atoms with Crippen molar-refractivity contribution >= 4 is 50.9 Å². The Morgan fingerprint density at radius 3 is 2.52 bits per heavy atom. The van der Waals surface area contributed by atoms with E-state index in [4.69, 9.17) is 39.5 Å². The van der Waals surface area contributed by atoms with Gasteiger partial charge in [-0.25, -0.2) is 9.71 Å². The van der Waals surface area contributed by atoms with E-state index in [2.05, 4.69) is 4.98 Å². The van der Waals surface area contributed by atoms with Gasteiger partial charge in [0.25, 0.3) is 11.6 Å². The lowest BCUT2D eigenvalue weighted by molar-refractivity contribution is 0.0192. The first-order chi connectivity index (χ1) is 11.7. The highest BCUT2D eigenvalue weighted by Crippen LogP contribution is 2.25. The van der Waals surface area contributed by atoms with Gasteiger partial charge in [-0.3, -0.25) is 4.79 Å². The van der Waals surface area contributed by atoms with E-state index < -0.39 is 26.3 Å². The van der Waals surface area contributed by atoms with E-state index in [0.29, 0.717) is 0 Å². The third-order valence-corrected chi connectivity index (χ3v) is 4.81. The van der Waals surface area contributed by atoms with E-state index in [0.717, 1.165) is 12.3 Å². The van der Waals surface area contributed by atoms with Crippen LogP contribution >= 0.6 is 34.8 Å². The van der Waals surface area contributed by atoms with Crippen molar-refractivity contribution in [2.75, 3.05) is 0 Å². The van der Waals surface area contributed by atoms with Crippen LogP contribution in [0.3, 0.4) is 0 Å². The molecule has 7 nitrogen and oxygen atoms in total. The van der Waals surface area contributed by atoms with Crippen LogP contribution in [0.2, 0.25) is 10.2 Å². The molecule has 134 valence electrons. The minimum absolute atomic E-state index is 0.00585. The van der Waals surface area contributed by atoms with Crippen LogP contribution in [0, 0.1) is 0 Å². The Morgan fingerprint density at radius 2 is 1.92 bits per heavy atom. The van der Waals surface area contributed by atoms with Crippen molar-refractivity contribution in [3.05, 3.63) is 58.3 Å². The standard InChI is InChI=1S/C13H9Cl3FN3O4S/c14-10-6-9(7-18-11(10)15)24-13(16)20(17)25(22,23)19-12(21)8-4-2-1-3-5-8/h1-7,13H,(H,19,21). The SMILES string of the molecule is O=C(NS(=O)(=O)N(F)C(Cl)Oc1cnc(Cl)c(Cl)c1)c1ccccc1. The first-order valence-electron chi connectivity index (χ1n) is 6.40. The van der Waals surface area contributed by atoms with Gasteiger partial charge in [0.05, 0.1) is 11.2 Å². The molecule has 0 saturated heterocycles. The minimum Gasteiger partial charge on any atom is -0.456 e. The number of carbonyl (C=O) groups is 1. The normalized spacial score (nSPS) is 12.7. The molecule has 0 saturated carbocycles. The van der Waals surface area contributed by atoms with Gasteiger partial charge in [0.15, 0.2) is 0 Å². The number of hydrogen-bond acceptors (Lipinski definition) is 5. The van der Waals surface area contributed by atoms with Crippen LogP contribution in [0.5, 0.6) is 5.75 Å². The van der Waals surface area contributed by atoms with E-state index in [9.17, 15) is 17.7 Å². The second kappa shape index (κ2) is 8.15. The molecule has 0 radical (unpaired) electrons. The molecule has 1 heterocycles. The van der Waals surface area contributed by atoms with Gasteiger partial charge in [0, 0.05) is 16.2 Å². The van der Waals surface area contributed by atoms with Gasteiger partial charge in [0.2, 0.25) is 0 Å². The molecule has 0 fully saturated rings. The third kappa shape index (κ3) is 5.16. The fraction of sp³-hybridized carbons (Fsp3) is 0.0769. The lowest BCUT2D eigenvalue weighted by Crippen LogP contribution is -2.44. The zero-order valence-corrected chi connectivity index (χ0v) is 15.2. The molecule has 12 heteroatoms. The Bertz CT molecular complexity index is 870. The van der Waals surface area contributed by atoms with Gasteiger partial charge in [-0.2, -0.15) is 8.42 Å². The number of carbonyl (C=O) groups excluding carboxylic acids is 1. The second-order valence-electron chi connectivity index (χ2n) is 4.40. The number of rotatable bonds is 6. The lowest BCUT2D eigenvalue weighted by atomic mass is 10.2. The molecular formula is C13H9Cl3FN3O4S. The summed E-state index contributed by atoms with van der Waals surface area (Å²) in [4.78, 5) is 15.4. The monoisotopic (exact) mass is 427 g/mol. The second-order valence-corrected chi connectivity index (χ2v) is 7.04. The number of amides is 1. The van der Waals surface area contributed by atoms with E-state index in [1.807, 2.05) is 0 Å². The van der Waals surface area contributed by atoms with Crippen molar-refractivity contribution in [1.29, 1.82) is 0 Å². The molecule has 0 aliphatic rings. The number of hydrogen-bond donors (Lipinski definition) is 1. The maximum absolute atomic E-state index is 14.0. The summed E-state index contributed by atoms with van der Waals surface area (Å²) in [5, 5.41) is -0.0336. The highest BCUT2D eigenvalue weighted by Gasteiger charge is 2.33. The molecule has 0 bridgehead atoms. The largest absolute Gasteiger partial charge is 0.456 e. The predicted molar refractivity (Wildman–Crippen MR) is 90.3 cm³/mol. The zero-order valence-electron chi connectivity index (χ0n) is 12.1. The third-order valence-electron chi connectivity index (χ3n) is 2.65. The number of benzene rings is 1. The Hall–Kier alpha value is -1.65. The number of nitrogens with zero attached hydrogens (tertiary/aromatic N) is 2. The van der Waals surface area contributed by atoms with Crippen LogP contribution in [-0.2, 0) is 10.2 Å². The van der Waals surface area contributed by atoms with Crippen LogP contribution in [-0.4, -0.2) is 29.5 Å². The summed E-state index contributed by atoms with van der Waals surface area (Å²) in [5.41, 5.74) is -2.11. The maximum Gasteiger partial charge on any atom is 0.335 e. The number of aromatic nitrogens is 1. The summed E-state index contributed by atoms with van der Waals surface area (Å²) in [6, 6.07) is 8.52. The summed E-state index contributed by atoms with van der Waals surface area (Å²) >= 11 is 16.9. The van der Waals surface area contributed by atoms with Gasteiger partial charge in [-0.05, 0) is 12.1 Å². The molecule has 0 aliphatic heterocycles. The molecule has 1 unspecified atom stereocenters. The van der Waals surface area contributed by atoms with Gasteiger partial charge in [-0.1, -0.05) is 53.0 Å². The van der Waals surface area contributed by atoms with Gasteiger partial charge in [-0.15, -0.1) is 4.48 Å².